The molecule has 1 N–H and O–H groups in total. The molecular weight excluding hydrogens is 240 g/mol. The molecule has 2 aliphatic rings. The van der Waals surface area contributed by atoms with Gasteiger partial charge in [0.2, 0.25) is 6.41 Å². The third-order valence-corrected chi connectivity index (χ3v) is 4.19. The van der Waals surface area contributed by atoms with E-state index in [1.54, 1.807) is 0 Å². The molecule has 2 heterocycles. The first kappa shape index (κ1) is 12.5. The minimum Gasteiger partial charge on any atom is -0.491 e. The number of ether oxygens (including phenoxy) is 1. The summed E-state index contributed by atoms with van der Waals surface area (Å²) in [5.74, 6) is 2.43. The van der Waals surface area contributed by atoms with Gasteiger partial charge in [-0.1, -0.05) is 6.92 Å². The quantitative estimate of drug-likeness (QED) is 0.825. The summed E-state index contributed by atoms with van der Waals surface area (Å²) in [5.41, 5.74) is 3.37. The van der Waals surface area contributed by atoms with Crippen LogP contribution in [0.25, 0.3) is 0 Å². The lowest BCUT2D eigenvalue weighted by Gasteiger charge is -2.17. The molecule has 1 amide bonds. The first-order chi connectivity index (χ1) is 9.20. The topological polar surface area (TPSA) is 51.2 Å². The molecule has 1 aliphatic carbocycles. The molecule has 4 heteroatoms. The second-order valence-corrected chi connectivity index (χ2v) is 5.73. The minimum absolute atomic E-state index is 0.349. The average Bonchev–Trinajstić information content (AvgIpc) is 3.15. The Hall–Kier alpha value is -1.58. The largest absolute Gasteiger partial charge is 0.491 e. The maximum absolute atomic E-state index is 10.5. The zero-order valence-electron chi connectivity index (χ0n) is 11.5. The third-order valence-electron chi connectivity index (χ3n) is 4.19. The van der Waals surface area contributed by atoms with E-state index in [9.17, 15) is 4.79 Å². The van der Waals surface area contributed by atoms with Gasteiger partial charge in [-0.2, -0.15) is 0 Å². The van der Waals surface area contributed by atoms with Crippen LogP contribution in [-0.4, -0.2) is 24.5 Å². The van der Waals surface area contributed by atoms with Crippen molar-refractivity contribution in [2.45, 2.75) is 38.5 Å². The Morgan fingerprint density at radius 1 is 1.58 bits per heavy atom. The maximum Gasteiger partial charge on any atom is 0.207 e. The van der Waals surface area contributed by atoms with Gasteiger partial charge in [0.05, 0.1) is 12.3 Å². The van der Waals surface area contributed by atoms with E-state index in [1.807, 2.05) is 6.92 Å². The van der Waals surface area contributed by atoms with Crippen LogP contribution in [0.5, 0.6) is 5.75 Å². The van der Waals surface area contributed by atoms with Crippen LogP contribution in [0.4, 0.5) is 0 Å². The molecule has 2 atom stereocenters. The highest BCUT2D eigenvalue weighted by atomic mass is 16.5. The molecule has 1 aromatic heterocycles. The third kappa shape index (κ3) is 2.31. The smallest absolute Gasteiger partial charge is 0.207 e. The number of pyridine rings is 1. The van der Waals surface area contributed by atoms with Gasteiger partial charge in [0.15, 0.2) is 0 Å². The number of amides is 1. The van der Waals surface area contributed by atoms with Gasteiger partial charge in [-0.3, -0.25) is 9.78 Å². The zero-order valence-corrected chi connectivity index (χ0v) is 11.5. The van der Waals surface area contributed by atoms with Crippen LogP contribution in [0.3, 0.4) is 0 Å². The first-order valence-corrected chi connectivity index (χ1v) is 7.02. The van der Waals surface area contributed by atoms with Crippen LogP contribution in [0.2, 0.25) is 0 Å². The average molecular weight is 260 g/mol. The molecule has 19 heavy (non-hydrogen) atoms. The van der Waals surface area contributed by atoms with Gasteiger partial charge < -0.3 is 10.1 Å². The van der Waals surface area contributed by atoms with Crippen LogP contribution >= 0.6 is 0 Å². The Balaban J connectivity index is 1.92. The lowest BCUT2D eigenvalue weighted by Crippen LogP contribution is -2.22. The van der Waals surface area contributed by atoms with Gasteiger partial charge >= 0.3 is 0 Å². The summed E-state index contributed by atoms with van der Waals surface area (Å²) < 4.78 is 5.70. The van der Waals surface area contributed by atoms with E-state index in [-0.39, 0.29) is 0 Å². The Morgan fingerprint density at radius 3 is 3.05 bits per heavy atom. The van der Waals surface area contributed by atoms with Crippen LogP contribution < -0.4 is 10.1 Å². The van der Waals surface area contributed by atoms with Gasteiger partial charge in [-0.25, -0.2) is 0 Å². The van der Waals surface area contributed by atoms with Crippen molar-refractivity contribution in [3.8, 4) is 5.75 Å². The van der Waals surface area contributed by atoms with Crippen molar-refractivity contribution in [1.29, 1.82) is 0 Å². The Morgan fingerprint density at radius 2 is 2.37 bits per heavy atom. The molecule has 1 aliphatic heterocycles. The molecule has 2 unspecified atom stereocenters. The summed E-state index contributed by atoms with van der Waals surface area (Å²) >= 11 is 0. The van der Waals surface area contributed by atoms with E-state index in [0.29, 0.717) is 24.3 Å². The van der Waals surface area contributed by atoms with Crippen LogP contribution in [0, 0.1) is 12.8 Å². The lowest BCUT2D eigenvalue weighted by atomic mass is 9.94. The summed E-state index contributed by atoms with van der Waals surface area (Å²) in [4.78, 5) is 15.3. The van der Waals surface area contributed by atoms with Gasteiger partial charge in [0, 0.05) is 29.6 Å². The molecule has 0 radical (unpaired) electrons. The summed E-state index contributed by atoms with van der Waals surface area (Å²) in [6, 6.07) is 2.19. The highest BCUT2D eigenvalue weighted by Gasteiger charge is 2.34. The molecule has 1 fully saturated rings. The van der Waals surface area contributed by atoms with Crippen molar-refractivity contribution in [3.05, 3.63) is 23.0 Å². The summed E-state index contributed by atoms with van der Waals surface area (Å²) in [6.45, 7) is 5.64. The maximum atomic E-state index is 10.5. The monoisotopic (exact) mass is 260 g/mol. The van der Waals surface area contributed by atoms with Crippen molar-refractivity contribution in [2.75, 3.05) is 13.2 Å². The van der Waals surface area contributed by atoms with Gasteiger partial charge in [0.25, 0.3) is 0 Å². The number of carbonyl (C=O) groups is 1. The van der Waals surface area contributed by atoms with E-state index >= 15 is 0 Å². The van der Waals surface area contributed by atoms with Crippen molar-refractivity contribution in [1.82, 2.24) is 10.3 Å². The number of aryl methyl sites for hydroxylation is 1. The molecule has 1 aromatic rings. The molecule has 0 bridgehead atoms. The standard InChI is InChI=1S/C15H20N2O2/c1-9-7-19-15-10(2)17-14(5-12(9)15)13(6-16-8-18)11-3-4-11/h5,8-9,11,13H,3-4,6-7H2,1-2H3,(H,16,18). The number of rotatable bonds is 5. The Kier molecular flexibility index (Phi) is 3.17. The number of carbonyl (C=O) groups excluding carboxylic acids is 1. The number of hydrogen-bond donors (Lipinski definition) is 1. The van der Waals surface area contributed by atoms with E-state index in [0.717, 1.165) is 30.2 Å². The van der Waals surface area contributed by atoms with Gasteiger partial charge in [0.1, 0.15) is 5.75 Å². The van der Waals surface area contributed by atoms with Crippen molar-refractivity contribution < 1.29 is 9.53 Å². The highest BCUT2D eigenvalue weighted by molar-refractivity contribution is 5.47. The number of nitrogens with zero attached hydrogens (tertiary/aromatic N) is 1. The fraction of sp³-hybridized carbons (Fsp3) is 0.600. The van der Waals surface area contributed by atoms with E-state index in [1.165, 1.54) is 18.4 Å². The Labute approximate surface area is 113 Å². The summed E-state index contributed by atoms with van der Waals surface area (Å²) in [6.07, 6.45) is 3.27. The zero-order chi connectivity index (χ0) is 13.4. The molecular formula is C15H20N2O2. The van der Waals surface area contributed by atoms with Crippen LogP contribution in [0.1, 0.15) is 48.6 Å². The molecule has 0 saturated heterocycles. The van der Waals surface area contributed by atoms with Crippen LogP contribution in [-0.2, 0) is 4.79 Å². The normalized spacial score (nSPS) is 22.5. The van der Waals surface area contributed by atoms with Crippen LogP contribution in [0.15, 0.2) is 6.07 Å². The predicted molar refractivity (Wildman–Crippen MR) is 72.4 cm³/mol. The molecule has 0 spiro atoms. The first-order valence-electron chi connectivity index (χ1n) is 7.02. The SMILES string of the molecule is Cc1nc(C(CNC=O)C2CC2)cc2c1OCC2C. The molecule has 3 rings (SSSR count). The molecule has 0 aromatic carbocycles. The second-order valence-electron chi connectivity index (χ2n) is 5.73. The van der Waals surface area contributed by atoms with Crippen molar-refractivity contribution >= 4 is 6.41 Å². The van der Waals surface area contributed by atoms with Crippen molar-refractivity contribution in [2.24, 2.45) is 5.92 Å². The summed E-state index contributed by atoms with van der Waals surface area (Å²) in [5, 5.41) is 2.81. The summed E-state index contributed by atoms with van der Waals surface area (Å²) in [7, 11) is 0. The number of fused-ring (bicyclic) bond motifs is 1. The minimum atomic E-state index is 0.349. The molecule has 102 valence electrons. The van der Waals surface area contributed by atoms with Gasteiger partial charge in [-0.15, -0.1) is 0 Å². The number of nitrogens with one attached hydrogen (secondary N) is 1. The molecule has 1 saturated carbocycles. The lowest BCUT2D eigenvalue weighted by molar-refractivity contribution is -0.109. The number of aromatic nitrogens is 1. The fourth-order valence-corrected chi connectivity index (χ4v) is 2.94. The van der Waals surface area contributed by atoms with E-state index in [4.69, 9.17) is 9.72 Å². The van der Waals surface area contributed by atoms with E-state index < -0.39 is 0 Å². The number of hydrogen-bond acceptors (Lipinski definition) is 3. The Bertz CT molecular complexity index is 497. The highest BCUT2D eigenvalue weighted by Crippen LogP contribution is 2.44. The van der Waals surface area contributed by atoms with Gasteiger partial charge in [-0.05, 0) is 31.7 Å². The van der Waals surface area contributed by atoms with Crippen molar-refractivity contribution in [3.63, 3.8) is 0 Å². The molecule has 4 nitrogen and oxygen atoms in total. The predicted octanol–water partition coefficient (Wildman–Crippen LogP) is 2.13. The second kappa shape index (κ2) is 4.83. The fourth-order valence-electron chi connectivity index (χ4n) is 2.94. The van der Waals surface area contributed by atoms with E-state index in [2.05, 4.69) is 18.3 Å².